The van der Waals surface area contributed by atoms with E-state index in [9.17, 15) is 14.4 Å². The Labute approximate surface area is 160 Å². The number of imide groups is 1. The highest BCUT2D eigenvalue weighted by Crippen LogP contribution is 2.34. The van der Waals surface area contributed by atoms with E-state index in [1.54, 1.807) is 30.3 Å². The number of ether oxygens (including phenoxy) is 1. The lowest BCUT2D eigenvalue weighted by atomic mass is 10.1. The number of rotatable bonds is 7. The quantitative estimate of drug-likeness (QED) is 0.733. The summed E-state index contributed by atoms with van der Waals surface area (Å²) in [4.78, 5) is 37.0. The molecule has 3 rings (SSSR count). The Balaban J connectivity index is 1.77. The molecular formula is C20H17NO5S. The Morgan fingerprint density at radius 3 is 2.52 bits per heavy atom. The van der Waals surface area contributed by atoms with Crippen molar-refractivity contribution in [3.05, 3.63) is 70.6 Å². The zero-order chi connectivity index (χ0) is 19.2. The first kappa shape index (κ1) is 18.7. The lowest BCUT2D eigenvalue weighted by Crippen LogP contribution is -2.27. The van der Waals surface area contributed by atoms with Crippen LogP contribution in [0.2, 0.25) is 0 Å². The summed E-state index contributed by atoms with van der Waals surface area (Å²) >= 11 is 0.882. The van der Waals surface area contributed by atoms with E-state index in [4.69, 9.17) is 9.84 Å². The topological polar surface area (TPSA) is 83.9 Å². The van der Waals surface area contributed by atoms with Crippen molar-refractivity contribution in [3.63, 3.8) is 0 Å². The molecule has 1 heterocycles. The number of carbonyl (C=O) groups is 3. The molecule has 1 aliphatic rings. The number of aliphatic carboxylic acids is 1. The van der Waals surface area contributed by atoms with Gasteiger partial charge >= 0.3 is 5.97 Å². The summed E-state index contributed by atoms with van der Waals surface area (Å²) in [6.45, 7) is 0.245. The summed E-state index contributed by atoms with van der Waals surface area (Å²) in [5, 5.41) is 8.40. The number of para-hydroxylation sites is 1. The molecule has 0 aromatic heterocycles. The minimum atomic E-state index is -0.950. The van der Waals surface area contributed by atoms with Crippen LogP contribution in [0.4, 0.5) is 4.79 Å². The molecule has 0 unspecified atom stereocenters. The van der Waals surface area contributed by atoms with Gasteiger partial charge in [0.1, 0.15) is 5.75 Å². The second-order valence-electron chi connectivity index (χ2n) is 5.78. The molecule has 0 atom stereocenters. The van der Waals surface area contributed by atoms with Gasteiger partial charge in [0.15, 0.2) is 0 Å². The van der Waals surface area contributed by atoms with E-state index < -0.39 is 5.97 Å². The maximum atomic E-state index is 12.6. The van der Waals surface area contributed by atoms with Gasteiger partial charge in [-0.1, -0.05) is 48.5 Å². The minimum absolute atomic E-state index is 0.0235. The number of carboxylic acids is 1. The SMILES string of the molecule is O=C(O)CCOc1ccccc1/C=C1/SC(=O)N(Cc2ccccc2)C1=O. The maximum absolute atomic E-state index is 12.6. The molecule has 1 fully saturated rings. The molecule has 2 aromatic rings. The molecule has 7 heteroatoms. The first-order chi connectivity index (χ1) is 13.0. The fraction of sp³-hybridized carbons (Fsp3) is 0.150. The van der Waals surface area contributed by atoms with Crippen LogP contribution >= 0.6 is 11.8 Å². The summed E-state index contributed by atoms with van der Waals surface area (Å²) in [7, 11) is 0. The lowest BCUT2D eigenvalue weighted by Gasteiger charge is -2.12. The van der Waals surface area contributed by atoms with Crippen molar-refractivity contribution in [3.8, 4) is 5.75 Å². The van der Waals surface area contributed by atoms with Crippen LogP contribution in [0.3, 0.4) is 0 Å². The van der Waals surface area contributed by atoms with E-state index in [-0.39, 0.29) is 30.7 Å². The van der Waals surface area contributed by atoms with E-state index in [1.807, 2.05) is 30.3 Å². The van der Waals surface area contributed by atoms with Gasteiger partial charge in [0.25, 0.3) is 11.1 Å². The molecule has 1 N–H and O–H groups in total. The van der Waals surface area contributed by atoms with Crippen LogP contribution in [-0.4, -0.2) is 33.7 Å². The van der Waals surface area contributed by atoms with E-state index >= 15 is 0 Å². The number of benzene rings is 2. The molecule has 2 aromatic carbocycles. The molecule has 0 bridgehead atoms. The minimum Gasteiger partial charge on any atom is -0.492 e. The van der Waals surface area contributed by atoms with Crippen LogP contribution in [0, 0.1) is 0 Å². The van der Waals surface area contributed by atoms with Gasteiger partial charge in [-0.3, -0.25) is 19.3 Å². The summed E-state index contributed by atoms with van der Waals surface area (Å²) in [5.74, 6) is -0.836. The van der Waals surface area contributed by atoms with Crippen LogP contribution in [0.1, 0.15) is 17.5 Å². The summed E-state index contributed by atoms with van der Waals surface area (Å²) in [6.07, 6.45) is 1.48. The lowest BCUT2D eigenvalue weighted by molar-refractivity contribution is -0.137. The third-order valence-corrected chi connectivity index (χ3v) is 4.74. The third-order valence-electron chi connectivity index (χ3n) is 3.84. The number of hydrogen-bond acceptors (Lipinski definition) is 5. The molecule has 1 aliphatic heterocycles. The predicted octanol–water partition coefficient (Wildman–Crippen LogP) is 3.78. The Hall–Kier alpha value is -3.06. The van der Waals surface area contributed by atoms with Crippen molar-refractivity contribution < 1.29 is 24.2 Å². The van der Waals surface area contributed by atoms with E-state index in [2.05, 4.69) is 0 Å². The summed E-state index contributed by atoms with van der Waals surface area (Å²) < 4.78 is 5.50. The molecule has 0 radical (unpaired) electrons. The van der Waals surface area contributed by atoms with Gasteiger partial charge in [-0.05, 0) is 29.5 Å². The standard InChI is InChI=1S/C20H17NO5S/c22-18(23)10-11-26-16-9-5-4-8-15(16)12-17-19(24)21(20(25)27-17)13-14-6-2-1-3-7-14/h1-9,12H,10-11,13H2,(H,22,23)/b17-12+. The number of thioether (sulfide) groups is 1. The van der Waals surface area contributed by atoms with Gasteiger partial charge in [-0.25, -0.2) is 0 Å². The number of carbonyl (C=O) groups excluding carboxylic acids is 2. The number of nitrogens with zero attached hydrogens (tertiary/aromatic N) is 1. The average molecular weight is 383 g/mol. The van der Waals surface area contributed by atoms with Gasteiger partial charge < -0.3 is 9.84 Å². The highest BCUT2D eigenvalue weighted by Gasteiger charge is 2.35. The highest BCUT2D eigenvalue weighted by atomic mass is 32.2. The van der Waals surface area contributed by atoms with E-state index in [0.717, 1.165) is 17.3 Å². The normalized spacial score (nSPS) is 15.4. The van der Waals surface area contributed by atoms with Gasteiger partial charge in [0.2, 0.25) is 0 Å². The highest BCUT2D eigenvalue weighted by molar-refractivity contribution is 8.18. The van der Waals surface area contributed by atoms with Crippen LogP contribution in [0.5, 0.6) is 5.75 Å². The van der Waals surface area contributed by atoms with Crippen molar-refractivity contribution in [1.29, 1.82) is 0 Å². The van der Waals surface area contributed by atoms with Crippen molar-refractivity contribution in [1.82, 2.24) is 4.90 Å². The number of hydrogen-bond donors (Lipinski definition) is 1. The summed E-state index contributed by atoms with van der Waals surface area (Å²) in [6, 6.07) is 16.3. The molecule has 0 aliphatic carbocycles. The second-order valence-corrected chi connectivity index (χ2v) is 6.78. The van der Waals surface area contributed by atoms with Crippen LogP contribution in [-0.2, 0) is 16.1 Å². The Morgan fingerprint density at radius 1 is 1.07 bits per heavy atom. The van der Waals surface area contributed by atoms with Crippen LogP contribution < -0.4 is 4.74 Å². The average Bonchev–Trinajstić information content (AvgIpc) is 2.91. The van der Waals surface area contributed by atoms with Gasteiger partial charge in [0.05, 0.1) is 24.5 Å². The first-order valence-electron chi connectivity index (χ1n) is 8.27. The Kier molecular flexibility index (Phi) is 5.93. The van der Waals surface area contributed by atoms with Gasteiger partial charge in [0, 0.05) is 5.56 Å². The molecule has 0 saturated carbocycles. The summed E-state index contributed by atoms with van der Waals surface area (Å²) in [5.41, 5.74) is 1.49. The Bertz CT molecular complexity index is 894. The largest absolute Gasteiger partial charge is 0.492 e. The molecular weight excluding hydrogens is 366 g/mol. The van der Waals surface area contributed by atoms with Crippen molar-refractivity contribution in [2.75, 3.05) is 6.61 Å². The number of carboxylic acid groups (broad SMARTS) is 1. The number of amides is 2. The predicted molar refractivity (Wildman–Crippen MR) is 102 cm³/mol. The van der Waals surface area contributed by atoms with Crippen molar-refractivity contribution >= 4 is 35.0 Å². The van der Waals surface area contributed by atoms with Crippen molar-refractivity contribution in [2.24, 2.45) is 0 Å². The first-order valence-corrected chi connectivity index (χ1v) is 9.09. The van der Waals surface area contributed by atoms with Crippen LogP contribution in [0.15, 0.2) is 59.5 Å². The zero-order valence-corrected chi connectivity index (χ0v) is 15.1. The molecule has 2 amide bonds. The molecule has 1 saturated heterocycles. The fourth-order valence-corrected chi connectivity index (χ4v) is 3.35. The van der Waals surface area contributed by atoms with Gasteiger partial charge in [-0.15, -0.1) is 0 Å². The fourth-order valence-electron chi connectivity index (χ4n) is 2.52. The zero-order valence-electron chi connectivity index (χ0n) is 14.3. The molecule has 0 spiro atoms. The molecule has 27 heavy (non-hydrogen) atoms. The van der Waals surface area contributed by atoms with E-state index in [1.165, 1.54) is 4.90 Å². The molecule has 138 valence electrons. The smallest absolute Gasteiger partial charge is 0.306 e. The second kappa shape index (κ2) is 8.55. The Morgan fingerprint density at radius 2 is 1.78 bits per heavy atom. The third kappa shape index (κ3) is 4.77. The van der Waals surface area contributed by atoms with Crippen molar-refractivity contribution in [2.45, 2.75) is 13.0 Å². The monoisotopic (exact) mass is 383 g/mol. The molecule has 6 nitrogen and oxygen atoms in total. The maximum Gasteiger partial charge on any atom is 0.306 e. The van der Waals surface area contributed by atoms with Gasteiger partial charge in [-0.2, -0.15) is 0 Å². The van der Waals surface area contributed by atoms with E-state index in [0.29, 0.717) is 16.2 Å². The van der Waals surface area contributed by atoms with Crippen LogP contribution in [0.25, 0.3) is 6.08 Å².